The second kappa shape index (κ2) is 5.14. The molecule has 17 heavy (non-hydrogen) atoms. The van der Waals surface area contributed by atoms with Crippen LogP contribution in [0, 0.1) is 0 Å². The van der Waals surface area contributed by atoms with Crippen molar-refractivity contribution >= 4 is 23.2 Å². The molecule has 0 bridgehead atoms. The van der Waals surface area contributed by atoms with Crippen LogP contribution in [0.3, 0.4) is 0 Å². The van der Waals surface area contributed by atoms with Gasteiger partial charge in [0.2, 0.25) is 5.91 Å². The Morgan fingerprint density at radius 3 is 2.65 bits per heavy atom. The topological polar surface area (TPSA) is 41.6 Å². The van der Waals surface area contributed by atoms with Gasteiger partial charge >= 0.3 is 0 Å². The molecule has 1 amide bonds. The molecule has 1 heterocycles. The number of ether oxygens (including phenoxy) is 1. The van der Waals surface area contributed by atoms with E-state index in [-0.39, 0.29) is 5.91 Å². The van der Waals surface area contributed by atoms with Crippen molar-refractivity contribution in [1.82, 2.24) is 10.2 Å². The average Bonchev–Trinajstić information content (AvgIpc) is 2.67. The number of amides is 1. The zero-order valence-electron chi connectivity index (χ0n) is 9.60. The van der Waals surface area contributed by atoms with Gasteiger partial charge in [-0.3, -0.25) is 9.69 Å². The van der Waals surface area contributed by atoms with E-state index in [1.165, 1.54) is 0 Å². The molecule has 1 fully saturated rings. The van der Waals surface area contributed by atoms with Gasteiger partial charge in [0, 0.05) is 6.54 Å². The Balaban J connectivity index is 1.93. The first-order valence-corrected chi connectivity index (χ1v) is 5.82. The molecule has 1 aromatic rings. The number of nitrogens with zero attached hydrogens (tertiary/aromatic N) is 1. The van der Waals surface area contributed by atoms with Gasteiger partial charge in [-0.25, -0.2) is 0 Å². The highest BCUT2D eigenvalue weighted by molar-refractivity contribution is 7.80. The van der Waals surface area contributed by atoms with Gasteiger partial charge in [-0.05, 0) is 36.3 Å². The van der Waals surface area contributed by atoms with Crippen molar-refractivity contribution in [2.24, 2.45) is 0 Å². The highest BCUT2D eigenvalue weighted by Crippen LogP contribution is 2.12. The molecule has 2 rings (SSSR count). The van der Waals surface area contributed by atoms with Gasteiger partial charge in [-0.2, -0.15) is 0 Å². The number of carbonyl (C=O) groups is 1. The Labute approximate surface area is 106 Å². The van der Waals surface area contributed by atoms with E-state index < -0.39 is 0 Å². The van der Waals surface area contributed by atoms with Crippen LogP contribution in [0.1, 0.15) is 5.56 Å². The molecule has 1 aliphatic heterocycles. The minimum Gasteiger partial charge on any atom is -0.497 e. The number of nitrogens with one attached hydrogen (secondary N) is 1. The molecule has 90 valence electrons. The molecule has 1 N–H and O–H groups in total. The summed E-state index contributed by atoms with van der Waals surface area (Å²) in [4.78, 5) is 13.1. The monoisotopic (exact) mass is 250 g/mol. The van der Waals surface area contributed by atoms with E-state index in [1.54, 1.807) is 12.0 Å². The van der Waals surface area contributed by atoms with Crippen molar-refractivity contribution in [3.05, 3.63) is 29.8 Å². The Morgan fingerprint density at radius 2 is 2.12 bits per heavy atom. The largest absolute Gasteiger partial charge is 0.497 e. The molecule has 0 aliphatic carbocycles. The standard InChI is InChI=1S/C12H14N2O2S/c1-16-10-4-2-9(3-5-10)6-7-14-11(15)8-13-12(14)17/h2-5H,6-8H2,1H3,(H,13,17). The Hall–Kier alpha value is -1.62. The van der Waals surface area contributed by atoms with Crippen LogP contribution in [-0.2, 0) is 11.2 Å². The minimum atomic E-state index is 0.0449. The van der Waals surface area contributed by atoms with Gasteiger partial charge in [0.05, 0.1) is 13.7 Å². The lowest BCUT2D eigenvalue weighted by atomic mass is 10.1. The van der Waals surface area contributed by atoms with Crippen molar-refractivity contribution < 1.29 is 9.53 Å². The average molecular weight is 250 g/mol. The van der Waals surface area contributed by atoms with E-state index in [9.17, 15) is 4.79 Å². The van der Waals surface area contributed by atoms with Crippen LogP contribution in [0.15, 0.2) is 24.3 Å². The molecule has 4 nitrogen and oxygen atoms in total. The molecule has 0 saturated carbocycles. The van der Waals surface area contributed by atoms with Gasteiger partial charge in [-0.1, -0.05) is 12.1 Å². The number of hydrogen-bond donors (Lipinski definition) is 1. The van der Waals surface area contributed by atoms with E-state index in [2.05, 4.69) is 5.32 Å². The molecular formula is C12H14N2O2S. The Kier molecular flexibility index (Phi) is 3.58. The van der Waals surface area contributed by atoms with Gasteiger partial charge in [0.1, 0.15) is 5.75 Å². The zero-order valence-corrected chi connectivity index (χ0v) is 10.4. The smallest absolute Gasteiger partial charge is 0.248 e. The number of thiocarbonyl (C=S) groups is 1. The maximum absolute atomic E-state index is 11.5. The lowest BCUT2D eigenvalue weighted by Gasteiger charge is -2.14. The number of methoxy groups -OCH3 is 1. The van der Waals surface area contributed by atoms with E-state index in [0.29, 0.717) is 18.2 Å². The summed E-state index contributed by atoms with van der Waals surface area (Å²) in [6, 6.07) is 7.82. The summed E-state index contributed by atoms with van der Waals surface area (Å²) in [5, 5.41) is 3.39. The summed E-state index contributed by atoms with van der Waals surface area (Å²) in [6.45, 7) is 0.943. The van der Waals surface area contributed by atoms with Crippen LogP contribution in [0.4, 0.5) is 0 Å². The second-order valence-corrected chi connectivity index (χ2v) is 4.19. The molecule has 1 saturated heterocycles. The Morgan fingerprint density at radius 1 is 1.41 bits per heavy atom. The predicted octanol–water partition coefficient (Wildman–Crippen LogP) is 0.954. The fraction of sp³-hybridized carbons (Fsp3) is 0.333. The van der Waals surface area contributed by atoms with Gasteiger partial charge in [0.15, 0.2) is 5.11 Å². The Bertz CT molecular complexity index is 415. The fourth-order valence-corrected chi connectivity index (χ4v) is 1.98. The van der Waals surface area contributed by atoms with Crippen LogP contribution in [0.25, 0.3) is 0 Å². The normalized spacial score (nSPS) is 15.0. The first kappa shape index (κ1) is 11.9. The molecule has 1 aliphatic rings. The van der Waals surface area contributed by atoms with E-state index in [4.69, 9.17) is 17.0 Å². The SMILES string of the molecule is COc1ccc(CCN2C(=O)CNC2=S)cc1. The van der Waals surface area contributed by atoms with E-state index >= 15 is 0 Å². The maximum Gasteiger partial charge on any atom is 0.248 e. The van der Waals surface area contributed by atoms with Crippen LogP contribution >= 0.6 is 12.2 Å². The summed E-state index contributed by atoms with van der Waals surface area (Å²) in [5.74, 6) is 0.881. The molecule has 0 aromatic heterocycles. The third-order valence-corrected chi connectivity index (χ3v) is 3.08. The second-order valence-electron chi connectivity index (χ2n) is 3.80. The highest BCUT2D eigenvalue weighted by atomic mass is 32.1. The first-order valence-electron chi connectivity index (χ1n) is 5.42. The summed E-state index contributed by atoms with van der Waals surface area (Å²) in [5.41, 5.74) is 1.16. The third-order valence-electron chi connectivity index (χ3n) is 2.72. The van der Waals surface area contributed by atoms with Gasteiger partial charge in [0.25, 0.3) is 0 Å². The number of rotatable bonds is 4. The number of benzene rings is 1. The lowest BCUT2D eigenvalue weighted by Crippen LogP contribution is -2.32. The maximum atomic E-state index is 11.5. The molecule has 0 spiro atoms. The van der Waals surface area contributed by atoms with Gasteiger partial charge < -0.3 is 10.1 Å². The first-order chi connectivity index (χ1) is 8.20. The summed E-state index contributed by atoms with van der Waals surface area (Å²) in [6.07, 6.45) is 0.789. The van der Waals surface area contributed by atoms with Crippen molar-refractivity contribution in [1.29, 1.82) is 0 Å². The van der Waals surface area contributed by atoms with Crippen molar-refractivity contribution in [3.63, 3.8) is 0 Å². The minimum absolute atomic E-state index is 0.0449. The number of carbonyl (C=O) groups excluding carboxylic acids is 1. The van der Waals surface area contributed by atoms with Crippen LogP contribution in [0.5, 0.6) is 5.75 Å². The molecule has 5 heteroatoms. The molecule has 0 atom stereocenters. The number of hydrogen-bond acceptors (Lipinski definition) is 3. The van der Waals surface area contributed by atoms with Gasteiger partial charge in [-0.15, -0.1) is 0 Å². The lowest BCUT2D eigenvalue weighted by molar-refractivity contribution is -0.124. The van der Waals surface area contributed by atoms with Crippen molar-refractivity contribution in [3.8, 4) is 5.75 Å². The van der Waals surface area contributed by atoms with Crippen molar-refractivity contribution in [2.75, 3.05) is 20.2 Å². The van der Waals surface area contributed by atoms with E-state index in [1.807, 2.05) is 24.3 Å². The quantitative estimate of drug-likeness (QED) is 0.808. The molecule has 0 unspecified atom stereocenters. The summed E-state index contributed by atoms with van der Waals surface area (Å²) >= 11 is 5.05. The predicted molar refractivity (Wildman–Crippen MR) is 69.0 cm³/mol. The highest BCUT2D eigenvalue weighted by Gasteiger charge is 2.24. The van der Waals surface area contributed by atoms with Crippen LogP contribution in [0.2, 0.25) is 0 Å². The molecular weight excluding hydrogens is 236 g/mol. The molecule has 0 radical (unpaired) electrons. The molecule has 1 aromatic carbocycles. The third kappa shape index (κ3) is 2.74. The van der Waals surface area contributed by atoms with Crippen LogP contribution in [-0.4, -0.2) is 36.1 Å². The summed E-state index contributed by atoms with van der Waals surface area (Å²) < 4.78 is 5.09. The van der Waals surface area contributed by atoms with Crippen LogP contribution < -0.4 is 10.1 Å². The summed E-state index contributed by atoms with van der Waals surface area (Å²) in [7, 11) is 1.64. The van der Waals surface area contributed by atoms with Crippen molar-refractivity contribution in [2.45, 2.75) is 6.42 Å². The fourth-order valence-electron chi connectivity index (χ4n) is 1.71. The zero-order chi connectivity index (χ0) is 12.3. The van der Waals surface area contributed by atoms with E-state index in [0.717, 1.165) is 17.7 Å².